The van der Waals surface area contributed by atoms with Gasteiger partial charge in [-0.15, -0.1) is 0 Å². The summed E-state index contributed by atoms with van der Waals surface area (Å²) in [4.78, 5) is 9.24. The zero-order valence-electron chi connectivity index (χ0n) is 14.5. The van der Waals surface area contributed by atoms with Crippen LogP contribution in [0.3, 0.4) is 0 Å². The van der Waals surface area contributed by atoms with Crippen molar-refractivity contribution in [3.8, 4) is 11.4 Å². The van der Waals surface area contributed by atoms with Gasteiger partial charge in [0.15, 0.2) is 0 Å². The fourth-order valence-electron chi connectivity index (χ4n) is 3.27. The molecule has 0 spiro atoms. The third-order valence-corrected chi connectivity index (χ3v) is 4.44. The average Bonchev–Trinajstić information content (AvgIpc) is 3.09. The summed E-state index contributed by atoms with van der Waals surface area (Å²) in [7, 11) is 2.00. The summed E-state index contributed by atoms with van der Waals surface area (Å²) in [5, 5.41) is 2.16. The maximum absolute atomic E-state index is 6.20. The van der Waals surface area contributed by atoms with Gasteiger partial charge in [-0.05, 0) is 37.0 Å². The van der Waals surface area contributed by atoms with Gasteiger partial charge in [0.2, 0.25) is 5.71 Å². The van der Waals surface area contributed by atoms with Crippen LogP contribution in [0.4, 0.5) is 0 Å². The second-order valence-corrected chi connectivity index (χ2v) is 6.85. The normalized spacial score (nSPS) is 11.9. The SMILES string of the molecule is Cc1ccc2c(oc3nc(CC(C)C)ccc32)c1-c1nccn1C. The maximum Gasteiger partial charge on any atom is 0.227 e. The van der Waals surface area contributed by atoms with Gasteiger partial charge < -0.3 is 8.98 Å². The van der Waals surface area contributed by atoms with Crippen molar-refractivity contribution in [3.63, 3.8) is 0 Å². The van der Waals surface area contributed by atoms with Crippen LogP contribution >= 0.6 is 0 Å². The molecule has 0 unspecified atom stereocenters. The number of aromatic nitrogens is 3. The van der Waals surface area contributed by atoms with Crippen LogP contribution in [0.25, 0.3) is 33.5 Å². The van der Waals surface area contributed by atoms with Gasteiger partial charge in [-0.25, -0.2) is 9.97 Å². The molecule has 1 aromatic carbocycles. The Bertz CT molecular complexity index is 1040. The first-order valence-electron chi connectivity index (χ1n) is 8.34. The number of pyridine rings is 1. The van der Waals surface area contributed by atoms with Crippen LogP contribution in [0.1, 0.15) is 25.1 Å². The Hall–Kier alpha value is -2.62. The molecule has 0 saturated carbocycles. The average molecular weight is 319 g/mol. The minimum Gasteiger partial charge on any atom is -0.437 e. The van der Waals surface area contributed by atoms with Gasteiger partial charge in [-0.1, -0.05) is 26.0 Å². The highest BCUT2D eigenvalue weighted by atomic mass is 16.3. The lowest BCUT2D eigenvalue weighted by atomic mass is 10.0. The quantitative estimate of drug-likeness (QED) is 0.540. The number of hydrogen-bond donors (Lipinski definition) is 0. The first kappa shape index (κ1) is 14.9. The molecule has 4 heteroatoms. The first-order valence-corrected chi connectivity index (χ1v) is 8.34. The van der Waals surface area contributed by atoms with E-state index in [-0.39, 0.29) is 0 Å². The van der Waals surface area contributed by atoms with Gasteiger partial charge in [0.25, 0.3) is 0 Å². The van der Waals surface area contributed by atoms with Crippen LogP contribution in [-0.2, 0) is 13.5 Å². The van der Waals surface area contributed by atoms with Gasteiger partial charge in [0.05, 0.1) is 5.56 Å². The van der Waals surface area contributed by atoms with Crippen molar-refractivity contribution in [1.29, 1.82) is 0 Å². The van der Waals surface area contributed by atoms with E-state index in [1.807, 2.05) is 24.0 Å². The van der Waals surface area contributed by atoms with E-state index in [9.17, 15) is 0 Å². The monoisotopic (exact) mass is 319 g/mol. The van der Waals surface area contributed by atoms with Crippen LogP contribution < -0.4 is 0 Å². The molecule has 4 rings (SSSR count). The largest absolute Gasteiger partial charge is 0.437 e. The lowest BCUT2D eigenvalue weighted by molar-refractivity contribution is 0.621. The molecule has 0 amide bonds. The molecule has 0 aliphatic carbocycles. The van der Waals surface area contributed by atoms with Crippen molar-refractivity contribution in [2.45, 2.75) is 27.2 Å². The summed E-state index contributed by atoms with van der Waals surface area (Å²) in [5.41, 5.74) is 4.85. The number of aryl methyl sites for hydroxylation is 2. The van der Waals surface area contributed by atoms with Gasteiger partial charge in [0.1, 0.15) is 11.4 Å². The van der Waals surface area contributed by atoms with Crippen LogP contribution in [0.15, 0.2) is 41.1 Å². The number of furan rings is 1. The van der Waals surface area contributed by atoms with Crippen LogP contribution in [-0.4, -0.2) is 14.5 Å². The topological polar surface area (TPSA) is 43.9 Å². The van der Waals surface area contributed by atoms with E-state index in [4.69, 9.17) is 9.40 Å². The fourth-order valence-corrected chi connectivity index (χ4v) is 3.27. The summed E-state index contributed by atoms with van der Waals surface area (Å²) in [6.07, 6.45) is 4.72. The molecule has 4 aromatic rings. The molecule has 0 aliphatic rings. The van der Waals surface area contributed by atoms with E-state index in [0.29, 0.717) is 11.6 Å². The molecule has 122 valence electrons. The summed E-state index contributed by atoms with van der Waals surface area (Å²) >= 11 is 0. The van der Waals surface area contributed by atoms with Crippen molar-refractivity contribution in [1.82, 2.24) is 14.5 Å². The lowest BCUT2D eigenvalue weighted by Gasteiger charge is -2.06. The number of hydrogen-bond acceptors (Lipinski definition) is 3. The Morgan fingerprint density at radius 1 is 1.12 bits per heavy atom. The number of rotatable bonds is 3. The minimum absolute atomic E-state index is 0.574. The smallest absolute Gasteiger partial charge is 0.227 e. The number of fused-ring (bicyclic) bond motifs is 3. The summed E-state index contributed by atoms with van der Waals surface area (Å²) < 4.78 is 8.22. The molecule has 0 saturated heterocycles. The van der Waals surface area contributed by atoms with Crippen molar-refractivity contribution in [2.75, 3.05) is 0 Å². The molecule has 0 aliphatic heterocycles. The molecule has 0 radical (unpaired) electrons. The van der Waals surface area contributed by atoms with Gasteiger partial charge in [-0.3, -0.25) is 0 Å². The molecule has 0 atom stereocenters. The van der Waals surface area contributed by atoms with Gasteiger partial charge >= 0.3 is 0 Å². The Balaban J connectivity index is 2.00. The van der Waals surface area contributed by atoms with Crippen molar-refractivity contribution in [2.24, 2.45) is 13.0 Å². The summed E-state index contributed by atoms with van der Waals surface area (Å²) in [5.74, 6) is 1.49. The predicted octanol–water partition coefficient (Wildman–Crippen LogP) is 4.89. The molecular formula is C20H21N3O. The van der Waals surface area contributed by atoms with Crippen molar-refractivity contribution < 1.29 is 4.42 Å². The summed E-state index contributed by atoms with van der Waals surface area (Å²) in [6.45, 7) is 6.49. The second-order valence-electron chi connectivity index (χ2n) is 6.85. The van der Waals surface area contributed by atoms with Gasteiger partial charge in [-0.2, -0.15) is 0 Å². The van der Waals surface area contributed by atoms with E-state index in [2.05, 4.69) is 50.0 Å². The van der Waals surface area contributed by atoms with E-state index < -0.39 is 0 Å². The van der Waals surface area contributed by atoms with E-state index in [1.165, 1.54) is 0 Å². The zero-order valence-corrected chi connectivity index (χ0v) is 14.5. The Morgan fingerprint density at radius 3 is 2.62 bits per heavy atom. The summed E-state index contributed by atoms with van der Waals surface area (Å²) in [6, 6.07) is 8.48. The van der Waals surface area contributed by atoms with Gasteiger partial charge in [0, 0.05) is 35.9 Å². The molecule has 4 nitrogen and oxygen atoms in total. The highest BCUT2D eigenvalue weighted by Crippen LogP contribution is 2.36. The highest BCUT2D eigenvalue weighted by molar-refractivity contribution is 6.08. The third-order valence-electron chi connectivity index (χ3n) is 4.44. The minimum atomic E-state index is 0.574. The standard InChI is InChI=1S/C20H21N3O/c1-12(2)11-14-6-8-16-15-7-5-13(3)17(18(15)24-20(16)22-14)19-21-9-10-23(19)4/h5-10,12H,11H2,1-4H3. The van der Waals surface area contributed by atoms with Crippen LogP contribution in [0.5, 0.6) is 0 Å². The predicted molar refractivity (Wildman–Crippen MR) is 97.0 cm³/mol. The van der Waals surface area contributed by atoms with Crippen LogP contribution in [0.2, 0.25) is 0 Å². The van der Waals surface area contributed by atoms with Crippen molar-refractivity contribution in [3.05, 3.63) is 47.9 Å². The number of nitrogens with zero attached hydrogens (tertiary/aromatic N) is 3. The second kappa shape index (κ2) is 5.48. The third kappa shape index (κ3) is 2.30. The Kier molecular flexibility index (Phi) is 3.41. The fraction of sp³-hybridized carbons (Fsp3) is 0.300. The lowest BCUT2D eigenvalue weighted by Crippen LogP contribution is -1.96. The van der Waals surface area contributed by atoms with Crippen molar-refractivity contribution >= 4 is 22.1 Å². The molecule has 24 heavy (non-hydrogen) atoms. The van der Waals surface area contributed by atoms with E-state index >= 15 is 0 Å². The first-order chi connectivity index (χ1) is 11.5. The van der Waals surface area contributed by atoms with E-state index in [0.717, 1.165) is 45.4 Å². The zero-order chi connectivity index (χ0) is 16.8. The molecular weight excluding hydrogens is 298 g/mol. The Labute approximate surface area is 141 Å². The highest BCUT2D eigenvalue weighted by Gasteiger charge is 2.18. The number of imidazole rings is 1. The molecule has 3 aromatic heterocycles. The van der Waals surface area contributed by atoms with E-state index in [1.54, 1.807) is 0 Å². The number of benzene rings is 1. The molecule has 3 heterocycles. The Morgan fingerprint density at radius 2 is 1.92 bits per heavy atom. The molecule has 0 bridgehead atoms. The molecule has 0 N–H and O–H groups in total. The maximum atomic E-state index is 6.20. The molecule has 0 fully saturated rings. The van der Waals surface area contributed by atoms with Crippen LogP contribution in [0, 0.1) is 12.8 Å².